The Hall–Kier alpha value is -1.31. The molecule has 17 heavy (non-hydrogen) atoms. The number of aliphatic hydroxyl groups is 1. The van der Waals surface area contributed by atoms with Crippen LogP contribution in [0.1, 0.15) is 23.6 Å². The lowest BCUT2D eigenvalue weighted by Crippen LogP contribution is -2.23. The van der Waals surface area contributed by atoms with Crippen LogP contribution in [-0.4, -0.2) is 5.11 Å². The zero-order chi connectivity index (χ0) is 12.5. The minimum absolute atomic E-state index is 0.675. The number of rotatable bonds is 2. The van der Waals surface area contributed by atoms with E-state index in [1.165, 1.54) is 0 Å². The summed E-state index contributed by atoms with van der Waals surface area (Å²) in [5.74, 6) is 0. The third-order valence-corrected chi connectivity index (χ3v) is 3.33. The zero-order valence-corrected chi connectivity index (χ0v) is 10.7. The Balaban J connectivity index is 2.49. The third kappa shape index (κ3) is 2.36. The van der Waals surface area contributed by atoms with Gasteiger partial charge in [-0.25, -0.2) is 0 Å². The molecule has 1 nitrogen and oxygen atoms in total. The van der Waals surface area contributed by atoms with Crippen LogP contribution in [0.15, 0.2) is 48.5 Å². The van der Waals surface area contributed by atoms with Crippen molar-refractivity contribution >= 4 is 11.6 Å². The van der Waals surface area contributed by atoms with Crippen LogP contribution in [-0.2, 0) is 5.60 Å². The Bertz CT molecular complexity index is 515. The molecule has 0 aliphatic heterocycles. The average Bonchev–Trinajstić information content (AvgIpc) is 2.30. The quantitative estimate of drug-likeness (QED) is 0.852. The first-order valence-electron chi connectivity index (χ1n) is 5.56. The molecule has 0 fully saturated rings. The standard InChI is InChI=1S/C15H15ClO/c1-11-5-3-4-6-14(11)15(2,17)12-7-9-13(16)10-8-12/h3-10,17H,1-2H3. The zero-order valence-electron chi connectivity index (χ0n) is 9.94. The van der Waals surface area contributed by atoms with E-state index in [-0.39, 0.29) is 0 Å². The summed E-state index contributed by atoms with van der Waals surface area (Å²) in [5.41, 5.74) is 1.85. The first-order chi connectivity index (χ1) is 8.01. The first kappa shape index (κ1) is 12.2. The molecule has 2 aromatic carbocycles. The molecule has 1 unspecified atom stereocenters. The van der Waals surface area contributed by atoms with Crippen LogP contribution < -0.4 is 0 Å². The number of aryl methyl sites for hydroxylation is 1. The van der Waals surface area contributed by atoms with Crippen LogP contribution in [0.4, 0.5) is 0 Å². The van der Waals surface area contributed by atoms with E-state index < -0.39 is 5.60 Å². The van der Waals surface area contributed by atoms with Crippen molar-refractivity contribution in [3.05, 3.63) is 70.2 Å². The summed E-state index contributed by atoms with van der Waals surface area (Å²) in [6.07, 6.45) is 0. The molecule has 0 radical (unpaired) electrons. The van der Waals surface area contributed by atoms with E-state index in [2.05, 4.69) is 0 Å². The van der Waals surface area contributed by atoms with Gasteiger partial charge in [0.15, 0.2) is 0 Å². The molecule has 0 aromatic heterocycles. The largest absolute Gasteiger partial charge is 0.381 e. The van der Waals surface area contributed by atoms with Gasteiger partial charge in [0.2, 0.25) is 0 Å². The van der Waals surface area contributed by atoms with Crippen LogP contribution in [0.3, 0.4) is 0 Å². The van der Waals surface area contributed by atoms with Crippen LogP contribution in [0, 0.1) is 6.92 Å². The SMILES string of the molecule is Cc1ccccc1C(C)(O)c1ccc(Cl)cc1. The van der Waals surface area contributed by atoms with Gasteiger partial charge in [-0.15, -0.1) is 0 Å². The summed E-state index contributed by atoms with van der Waals surface area (Å²) in [7, 11) is 0. The first-order valence-corrected chi connectivity index (χ1v) is 5.94. The summed E-state index contributed by atoms with van der Waals surface area (Å²) >= 11 is 5.86. The topological polar surface area (TPSA) is 20.2 Å². The fraction of sp³-hybridized carbons (Fsp3) is 0.200. The lowest BCUT2D eigenvalue weighted by atomic mass is 9.86. The van der Waals surface area contributed by atoms with Crippen molar-refractivity contribution in [3.63, 3.8) is 0 Å². The predicted octanol–water partition coefficient (Wildman–Crippen LogP) is 3.90. The van der Waals surface area contributed by atoms with E-state index in [4.69, 9.17) is 11.6 Å². The van der Waals surface area contributed by atoms with E-state index in [0.717, 1.165) is 16.7 Å². The van der Waals surface area contributed by atoms with Crippen LogP contribution in [0.5, 0.6) is 0 Å². The van der Waals surface area contributed by atoms with Gasteiger partial charge in [-0.1, -0.05) is 48.0 Å². The second kappa shape index (κ2) is 4.52. The average molecular weight is 247 g/mol. The molecule has 0 heterocycles. The van der Waals surface area contributed by atoms with Gasteiger partial charge in [-0.2, -0.15) is 0 Å². The molecule has 0 amide bonds. The molecule has 1 N–H and O–H groups in total. The molecule has 0 aliphatic rings. The summed E-state index contributed by atoms with van der Waals surface area (Å²) in [6, 6.07) is 15.2. The molecular formula is C15H15ClO. The monoisotopic (exact) mass is 246 g/mol. The molecule has 88 valence electrons. The van der Waals surface area contributed by atoms with Gasteiger partial charge in [-0.05, 0) is 42.7 Å². The Kier molecular flexibility index (Phi) is 3.23. The minimum atomic E-state index is -0.990. The number of hydrogen-bond acceptors (Lipinski definition) is 1. The van der Waals surface area contributed by atoms with Crippen LogP contribution in [0.25, 0.3) is 0 Å². The number of hydrogen-bond donors (Lipinski definition) is 1. The Morgan fingerprint density at radius 2 is 1.59 bits per heavy atom. The molecule has 0 saturated heterocycles. The highest BCUT2D eigenvalue weighted by atomic mass is 35.5. The summed E-state index contributed by atoms with van der Waals surface area (Å²) < 4.78 is 0. The van der Waals surface area contributed by atoms with Gasteiger partial charge in [-0.3, -0.25) is 0 Å². The van der Waals surface area contributed by atoms with Crippen molar-refractivity contribution < 1.29 is 5.11 Å². The van der Waals surface area contributed by atoms with Gasteiger partial charge in [0.25, 0.3) is 0 Å². The van der Waals surface area contributed by atoms with E-state index in [1.54, 1.807) is 19.1 Å². The van der Waals surface area contributed by atoms with Crippen molar-refractivity contribution in [1.82, 2.24) is 0 Å². The van der Waals surface area contributed by atoms with Crippen molar-refractivity contribution in [3.8, 4) is 0 Å². The highest BCUT2D eigenvalue weighted by Gasteiger charge is 2.26. The molecule has 0 aliphatic carbocycles. The molecule has 2 rings (SSSR count). The molecule has 0 bridgehead atoms. The van der Waals surface area contributed by atoms with Gasteiger partial charge in [0.1, 0.15) is 5.60 Å². The highest BCUT2D eigenvalue weighted by molar-refractivity contribution is 6.30. The van der Waals surface area contributed by atoms with Gasteiger partial charge < -0.3 is 5.11 Å². The molecular weight excluding hydrogens is 232 g/mol. The summed E-state index contributed by atoms with van der Waals surface area (Å²) in [5, 5.41) is 11.4. The lowest BCUT2D eigenvalue weighted by Gasteiger charge is -2.26. The fourth-order valence-corrected chi connectivity index (χ4v) is 2.18. The lowest BCUT2D eigenvalue weighted by molar-refractivity contribution is 0.102. The Morgan fingerprint density at radius 3 is 2.18 bits per heavy atom. The maximum atomic E-state index is 10.7. The van der Waals surface area contributed by atoms with Gasteiger partial charge in [0, 0.05) is 5.02 Å². The van der Waals surface area contributed by atoms with Gasteiger partial charge >= 0.3 is 0 Å². The molecule has 2 aromatic rings. The van der Waals surface area contributed by atoms with E-state index in [1.807, 2.05) is 43.3 Å². The van der Waals surface area contributed by atoms with E-state index in [9.17, 15) is 5.11 Å². The smallest absolute Gasteiger partial charge is 0.112 e. The third-order valence-electron chi connectivity index (χ3n) is 3.08. The Morgan fingerprint density at radius 1 is 1.00 bits per heavy atom. The molecule has 2 heteroatoms. The summed E-state index contributed by atoms with van der Waals surface area (Å²) in [4.78, 5) is 0. The van der Waals surface area contributed by atoms with Crippen LogP contribution in [0.2, 0.25) is 5.02 Å². The highest BCUT2D eigenvalue weighted by Crippen LogP contribution is 2.31. The van der Waals surface area contributed by atoms with Crippen molar-refractivity contribution in [1.29, 1.82) is 0 Å². The second-order valence-electron chi connectivity index (χ2n) is 4.39. The minimum Gasteiger partial charge on any atom is -0.381 e. The molecule has 0 saturated carbocycles. The van der Waals surface area contributed by atoms with Crippen LogP contribution >= 0.6 is 11.6 Å². The fourth-order valence-electron chi connectivity index (χ4n) is 2.05. The molecule has 0 spiro atoms. The maximum Gasteiger partial charge on any atom is 0.112 e. The van der Waals surface area contributed by atoms with E-state index in [0.29, 0.717) is 5.02 Å². The Labute approximate surface area is 107 Å². The van der Waals surface area contributed by atoms with E-state index >= 15 is 0 Å². The summed E-state index contributed by atoms with van der Waals surface area (Å²) in [6.45, 7) is 3.80. The number of halogens is 1. The van der Waals surface area contributed by atoms with Gasteiger partial charge in [0.05, 0.1) is 0 Å². The van der Waals surface area contributed by atoms with Crippen molar-refractivity contribution in [2.75, 3.05) is 0 Å². The van der Waals surface area contributed by atoms with Crippen molar-refractivity contribution in [2.45, 2.75) is 19.4 Å². The normalized spacial score (nSPS) is 14.4. The predicted molar refractivity (Wildman–Crippen MR) is 71.3 cm³/mol. The number of benzene rings is 2. The maximum absolute atomic E-state index is 10.7. The second-order valence-corrected chi connectivity index (χ2v) is 4.83. The molecule has 1 atom stereocenters. The van der Waals surface area contributed by atoms with Crippen molar-refractivity contribution in [2.24, 2.45) is 0 Å².